The number of quaternary nitrogens is 1. The Balaban J connectivity index is 1.77. The van der Waals surface area contributed by atoms with Gasteiger partial charge in [-0.05, 0) is 44.6 Å². The van der Waals surface area contributed by atoms with Crippen molar-refractivity contribution in [1.82, 2.24) is 9.97 Å². The van der Waals surface area contributed by atoms with Crippen LogP contribution >= 0.6 is 11.3 Å². The Hall–Kier alpha value is -1.24. The van der Waals surface area contributed by atoms with Gasteiger partial charge in [-0.15, -0.1) is 11.3 Å². The minimum Gasteiger partial charge on any atom is -0.382 e. The van der Waals surface area contributed by atoms with Crippen molar-refractivity contribution < 1.29 is 10.1 Å². The van der Waals surface area contributed by atoms with Crippen molar-refractivity contribution in [3.05, 3.63) is 26.6 Å². The number of nitrogens with one attached hydrogen (secondary N) is 1. The lowest BCUT2D eigenvalue weighted by Gasteiger charge is -2.17. The molecule has 0 amide bonds. The van der Waals surface area contributed by atoms with E-state index in [1.54, 1.807) is 11.3 Å². The molecule has 5 nitrogen and oxygen atoms in total. The molecule has 3 N–H and O–H groups in total. The summed E-state index contributed by atoms with van der Waals surface area (Å²) in [6.45, 7) is 8.93. The maximum absolute atomic E-state index is 12.6. The molecule has 0 aromatic carbocycles. The van der Waals surface area contributed by atoms with Crippen LogP contribution in [-0.4, -0.2) is 29.7 Å². The summed E-state index contributed by atoms with van der Waals surface area (Å²) < 4.78 is 5.36. The number of nitrogens with zero attached hydrogens (tertiary/aromatic N) is 1. The van der Waals surface area contributed by atoms with Crippen LogP contribution in [0.2, 0.25) is 0 Å². The predicted molar refractivity (Wildman–Crippen MR) is 97.7 cm³/mol. The van der Waals surface area contributed by atoms with E-state index in [0.29, 0.717) is 5.92 Å². The monoisotopic (exact) mass is 350 g/mol. The van der Waals surface area contributed by atoms with Gasteiger partial charge in [0.05, 0.1) is 18.5 Å². The number of hydrogen-bond donors (Lipinski definition) is 2. The van der Waals surface area contributed by atoms with Gasteiger partial charge in [-0.2, -0.15) is 0 Å². The topological polar surface area (TPSA) is 71.6 Å². The Bertz CT molecular complexity index is 753. The summed E-state index contributed by atoms with van der Waals surface area (Å²) in [6.07, 6.45) is 4.28. The van der Waals surface area contributed by atoms with Crippen LogP contribution in [0.25, 0.3) is 10.2 Å². The molecule has 0 saturated carbocycles. The van der Waals surface area contributed by atoms with Crippen molar-refractivity contribution in [3.8, 4) is 0 Å². The van der Waals surface area contributed by atoms with Gasteiger partial charge in [0.1, 0.15) is 10.9 Å². The quantitative estimate of drug-likeness (QED) is 0.752. The number of rotatable bonds is 7. The number of H-pyrrole nitrogens is 1. The second-order valence-electron chi connectivity index (χ2n) is 6.85. The van der Waals surface area contributed by atoms with Crippen LogP contribution in [-0.2, 0) is 17.6 Å². The van der Waals surface area contributed by atoms with Crippen molar-refractivity contribution in [2.24, 2.45) is 5.92 Å². The van der Waals surface area contributed by atoms with E-state index in [4.69, 9.17) is 9.72 Å². The van der Waals surface area contributed by atoms with E-state index >= 15 is 0 Å². The number of fused-ring (bicyclic) bond motifs is 3. The predicted octanol–water partition coefficient (Wildman–Crippen LogP) is 2.16. The number of nitrogens with two attached hydrogens (primary N) is 1. The lowest BCUT2D eigenvalue weighted by atomic mass is 9.89. The first-order valence-corrected chi connectivity index (χ1v) is 9.87. The summed E-state index contributed by atoms with van der Waals surface area (Å²) in [5.74, 6) is 1.50. The normalized spacial score (nSPS) is 18.7. The van der Waals surface area contributed by atoms with Gasteiger partial charge in [0.2, 0.25) is 0 Å². The SMILES string of the molecule is CCOCCC[NH2+][C@@H](C)c1nc2sc3c(c2c(=O)[nH]1)CC[C@@H](C)C3. The van der Waals surface area contributed by atoms with Crippen LogP contribution in [0.1, 0.15) is 55.9 Å². The minimum absolute atomic E-state index is 0.0385. The fourth-order valence-electron chi connectivity index (χ4n) is 3.39. The third kappa shape index (κ3) is 3.71. The molecule has 24 heavy (non-hydrogen) atoms. The number of thiophene rings is 1. The number of aromatic nitrogens is 2. The molecule has 2 aromatic heterocycles. The zero-order valence-corrected chi connectivity index (χ0v) is 15.7. The smallest absolute Gasteiger partial charge is 0.260 e. The Morgan fingerprint density at radius 3 is 3.12 bits per heavy atom. The second kappa shape index (κ2) is 7.76. The molecule has 2 heterocycles. The molecule has 3 rings (SSSR count). The average molecular weight is 351 g/mol. The molecule has 6 heteroatoms. The van der Waals surface area contributed by atoms with E-state index in [9.17, 15) is 4.79 Å². The summed E-state index contributed by atoms with van der Waals surface area (Å²) >= 11 is 1.72. The highest BCUT2D eigenvalue weighted by atomic mass is 32.1. The molecule has 2 aromatic rings. The van der Waals surface area contributed by atoms with Gasteiger partial charge in [-0.25, -0.2) is 4.98 Å². The third-order valence-electron chi connectivity index (χ3n) is 4.83. The molecule has 0 fully saturated rings. The van der Waals surface area contributed by atoms with Gasteiger partial charge in [0.15, 0.2) is 5.82 Å². The molecular formula is C18H28N3O2S+. The summed E-state index contributed by atoms with van der Waals surface area (Å²) in [5, 5.41) is 3.06. The fourth-order valence-corrected chi connectivity index (χ4v) is 4.78. The van der Waals surface area contributed by atoms with Crippen molar-refractivity contribution in [2.45, 2.75) is 52.5 Å². The molecule has 0 bridgehead atoms. The highest BCUT2D eigenvalue weighted by Crippen LogP contribution is 2.35. The number of aromatic amines is 1. The molecule has 0 radical (unpaired) electrons. The van der Waals surface area contributed by atoms with E-state index in [2.05, 4.69) is 24.1 Å². The fraction of sp³-hybridized carbons (Fsp3) is 0.667. The summed E-state index contributed by atoms with van der Waals surface area (Å²) in [7, 11) is 0. The maximum atomic E-state index is 12.6. The van der Waals surface area contributed by atoms with Crippen LogP contribution in [0.3, 0.4) is 0 Å². The van der Waals surface area contributed by atoms with Crippen LogP contribution in [0, 0.1) is 5.92 Å². The highest BCUT2D eigenvalue weighted by molar-refractivity contribution is 7.18. The molecule has 0 unspecified atom stereocenters. The zero-order valence-electron chi connectivity index (χ0n) is 14.9. The lowest BCUT2D eigenvalue weighted by Crippen LogP contribution is -2.85. The van der Waals surface area contributed by atoms with Crippen LogP contribution in [0.4, 0.5) is 0 Å². The summed E-state index contributed by atoms with van der Waals surface area (Å²) in [6, 6.07) is 0.154. The first-order valence-electron chi connectivity index (χ1n) is 9.05. The Labute approximate surface area is 146 Å². The van der Waals surface area contributed by atoms with Crippen LogP contribution < -0.4 is 10.9 Å². The van der Waals surface area contributed by atoms with Gasteiger partial charge in [0, 0.05) is 17.9 Å². The highest BCUT2D eigenvalue weighted by Gasteiger charge is 2.24. The molecule has 2 atom stereocenters. The Morgan fingerprint density at radius 1 is 1.50 bits per heavy atom. The van der Waals surface area contributed by atoms with E-state index in [0.717, 1.165) is 55.1 Å². The van der Waals surface area contributed by atoms with Crippen LogP contribution in [0.5, 0.6) is 0 Å². The first-order chi connectivity index (χ1) is 11.6. The summed E-state index contributed by atoms with van der Waals surface area (Å²) in [4.78, 5) is 22.7. The van der Waals surface area contributed by atoms with Crippen molar-refractivity contribution in [2.75, 3.05) is 19.8 Å². The standard InChI is InChI=1S/C18H27N3O2S/c1-4-23-9-5-8-19-12(3)16-20-17(22)15-13-7-6-11(2)10-14(13)24-18(15)21-16/h11-12,19H,4-10H2,1-3H3,(H,20,21,22)/p+1/t11-,12+/m1/s1. The summed E-state index contributed by atoms with van der Waals surface area (Å²) in [5.41, 5.74) is 1.29. The van der Waals surface area contributed by atoms with Gasteiger partial charge >= 0.3 is 0 Å². The van der Waals surface area contributed by atoms with Crippen molar-refractivity contribution >= 4 is 21.6 Å². The zero-order chi connectivity index (χ0) is 17.1. The molecule has 132 valence electrons. The largest absolute Gasteiger partial charge is 0.382 e. The Morgan fingerprint density at radius 2 is 2.33 bits per heavy atom. The first kappa shape index (κ1) is 17.6. The van der Waals surface area contributed by atoms with Crippen LogP contribution in [0.15, 0.2) is 4.79 Å². The molecule has 0 spiro atoms. The van der Waals surface area contributed by atoms with E-state index in [1.807, 2.05) is 6.92 Å². The lowest BCUT2D eigenvalue weighted by molar-refractivity contribution is -0.694. The van der Waals surface area contributed by atoms with Crippen molar-refractivity contribution in [1.29, 1.82) is 0 Å². The number of ether oxygens (including phenoxy) is 1. The molecule has 1 aliphatic rings. The second-order valence-corrected chi connectivity index (χ2v) is 7.93. The van der Waals surface area contributed by atoms with Gasteiger partial charge in [-0.3, -0.25) is 4.79 Å². The molecule has 1 aliphatic carbocycles. The molecular weight excluding hydrogens is 322 g/mol. The van der Waals surface area contributed by atoms with Gasteiger partial charge in [-0.1, -0.05) is 6.92 Å². The van der Waals surface area contributed by atoms with E-state index < -0.39 is 0 Å². The minimum atomic E-state index is 0.0385. The number of aryl methyl sites for hydroxylation is 1. The Kier molecular flexibility index (Phi) is 5.69. The van der Waals surface area contributed by atoms with Crippen molar-refractivity contribution in [3.63, 3.8) is 0 Å². The van der Waals surface area contributed by atoms with Gasteiger partial charge < -0.3 is 15.0 Å². The molecule has 0 aliphatic heterocycles. The average Bonchev–Trinajstić information content (AvgIpc) is 2.92. The number of hydrogen-bond acceptors (Lipinski definition) is 4. The van der Waals surface area contributed by atoms with E-state index in [-0.39, 0.29) is 11.6 Å². The maximum Gasteiger partial charge on any atom is 0.260 e. The molecule has 0 saturated heterocycles. The van der Waals surface area contributed by atoms with Gasteiger partial charge in [0.25, 0.3) is 5.56 Å². The van der Waals surface area contributed by atoms with E-state index in [1.165, 1.54) is 16.9 Å². The third-order valence-corrected chi connectivity index (χ3v) is 5.98.